The predicted molar refractivity (Wildman–Crippen MR) is 215 cm³/mol. The molecule has 4 aromatic rings. The number of benzene rings is 4. The second kappa shape index (κ2) is 21.7. The Bertz CT molecular complexity index is 2240. The maximum Gasteiger partial charge on any atom is 0.405 e. The zero-order valence-corrected chi connectivity index (χ0v) is 34.2. The van der Waals surface area contributed by atoms with Crippen LogP contribution in [0.3, 0.4) is 0 Å². The summed E-state index contributed by atoms with van der Waals surface area (Å²) in [5, 5.41) is 11.7. The summed E-state index contributed by atoms with van der Waals surface area (Å²) in [7, 11) is 0. The van der Waals surface area contributed by atoms with Crippen molar-refractivity contribution in [2.24, 2.45) is 5.73 Å². The van der Waals surface area contributed by atoms with E-state index in [0.717, 1.165) is 13.8 Å². The van der Waals surface area contributed by atoms with E-state index in [1.54, 1.807) is 60.7 Å². The third-order valence-electron chi connectivity index (χ3n) is 9.66. The Balaban J connectivity index is 1.45. The third-order valence-corrected chi connectivity index (χ3v) is 9.66. The molecule has 0 spiro atoms. The summed E-state index contributed by atoms with van der Waals surface area (Å²) in [6, 6.07) is 30.3. The largest absolute Gasteiger partial charge is 0.463 e. The Kier molecular flexibility index (Phi) is 15.7. The molecule has 2 aliphatic heterocycles. The van der Waals surface area contributed by atoms with E-state index < -0.39 is 117 Å². The van der Waals surface area contributed by atoms with E-state index in [1.165, 1.54) is 60.7 Å². The topological polar surface area (TPSA) is 258 Å². The summed E-state index contributed by atoms with van der Waals surface area (Å²) >= 11 is 0. The molecule has 0 aromatic heterocycles. The average molecular weight is 886 g/mol. The van der Waals surface area contributed by atoms with Gasteiger partial charge in [0.15, 0.2) is 49.2 Å². The summed E-state index contributed by atoms with van der Waals surface area (Å²) in [4.78, 5) is 91.7. The van der Waals surface area contributed by atoms with Crippen molar-refractivity contribution in [2.75, 3.05) is 13.2 Å². The fraction of sp³-hybridized carbons (Fsp3) is 0.311. The highest BCUT2D eigenvalue weighted by Crippen LogP contribution is 2.36. The molecule has 64 heavy (non-hydrogen) atoms. The molecule has 0 radical (unpaired) electrons. The summed E-state index contributed by atoms with van der Waals surface area (Å²) in [5.41, 5.74) is 5.62. The molecule has 0 aliphatic carbocycles. The van der Waals surface area contributed by atoms with Crippen LogP contribution in [0.2, 0.25) is 0 Å². The Hall–Kier alpha value is -7.19. The van der Waals surface area contributed by atoms with Gasteiger partial charge >= 0.3 is 41.9 Å². The molecule has 0 bridgehead atoms. The summed E-state index contributed by atoms with van der Waals surface area (Å²) in [6.07, 6.45) is -19.9. The molecule has 6 rings (SSSR count). The van der Waals surface area contributed by atoms with E-state index in [1.807, 2.05) is 0 Å². The standard InChI is InChI=1S/C45H43NO18/c1-25(47)55-23-31-33(59-39(49)27-15-7-3-8-16-27)35(61-41(51)29-19-11-5-12-20-29)37(43(53)57-31)63-44-38(62-42(52)30-21-13-6-14-22-30)36(64-45(46)54)34(32(58-44)24-56-26(2)48)60-40(50)28-17-9-4-10-18-28/h3-22,31-38,43-44,53H,23-24H2,1-2H3,(H2,46,54)/t31-,32+,33+,34+,35-,36-,37-,38-,43?,44+/m0/s1. The number of carbonyl (C=O) groups excluding carboxylic acids is 7. The third kappa shape index (κ3) is 12.0. The van der Waals surface area contributed by atoms with E-state index in [-0.39, 0.29) is 22.3 Å². The van der Waals surface area contributed by atoms with Gasteiger partial charge in [-0.2, -0.15) is 0 Å². The minimum absolute atomic E-state index is 0.00919. The number of amides is 1. The van der Waals surface area contributed by atoms with Gasteiger partial charge in [-0.15, -0.1) is 0 Å². The number of hydrogen-bond acceptors (Lipinski definition) is 18. The van der Waals surface area contributed by atoms with Crippen LogP contribution in [0, 0.1) is 0 Å². The molecule has 2 saturated heterocycles. The number of ether oxygens (including phenoxy) is 10. The van der Waals surface area contributed by atoms with Crippen molar-refractivity contribution >= 4 is 41.9 Å². The van der Waals surface area contributed by atoms with Crippen molar-refractivity contribution in [1.82, 2.24) is 0 Å². The Morgan fingerprint density at radius 2 is 0.797 bits per heavy atom. The number of aliphatic hydroxyl groups is 1. The molecule has 0 saturated carbocycles. The van der Waals surface area contributed by atoms with Crippen LogP contribution in [0.4, 0.5) is 4.79 Å². The molecule has 10 atom stereocenters. The lowest BCUT2D eigenvalue weighted by Crippen LogP contribution is -2.67. The summed E-state index contributed by atoms with van der Waals surface area (Å²) in [6.45, 7) is 0.851. The van der Waals surface area contributed by atoms with Crippen molar-refractivity contribution in [1.29, 1.82) is 0 Å². The van der Waals surface area contributed by atoms with E-state index in [2.05, 4.69) is 0 Å². The van der Waals surface area contributed by atoms with E-state index >= 15 is 0 Å². The molecule has 4 aromatic carbocycles. The number of hydrogen-bond donors (Lipinski definition) is 2. The van der Waals surface area contributed by atoms with Gasteiger partial charge in [0.25, 0.3) is 0 Å². The lowest BCUT2D eigenvalue weighted by molar-refractivity contribution is -0.359. The fourth-order valence-corrected chi connectivity index (χ4v) is 6.73. The Morgan fingerprint density at radius 1 is 0.469 bits per heavy atom. The van der Waals surface area contributed by atoms with Crippen LogP contribution < -0.4 is 5.73 Å². The van der Waals surface area contributed by atoms with Gasteiger partial charge in [0.2, 0.25) is 0 Å². The fourth-order valence-electron chi connectivity index (χ4n) is 6.73. The van der Waals surface area contributed by atoms with Crippen LogP contribution >= 0.6 is 0 Å². The lowest BCUT2D eigenvalue weighted by atomic mass is 9.96. The molecule has 336 valence electrons. The zero-order valence-electron chi connectivity index (χ0n) is 34.2. The number of rotatable bonds is 15. The van der Waals surface area contributed by atoms with E-state index in [0.29, 0.717) is 0 Å². The number of nitrogens with two attached hydrogens (primary N) is 1. The second-order valence-electron chi connectivity index (χ2n) is 14.2. The normalized spacial score (nSPS) is 25.0. The van der Waals surface area contributed by atoms with Crippen LogP contribution in [0.1, 0.15) is 55.3 Å². The molecule has 1 unspecified atom stereocenters. The SMILES string of the molecule is CC(=O)OC[C@@H]1OC(O)[C@@H](O[C@H]2O[C@H](COC(C)=O)[C@@H](OC(=O)c3ccccc3)[C@H](OC(N)=O)[C@@H]2OC(=O)c2ccccc2)[C@@H](OC(=O)c2ccccc2)[C@@H]1OC(=O)c1ccccc1. The molecule has 2 aliphatic rings. The Labute approximate surface area is 365 Å². The molecular formula is C45H43NO18. The highest BCUT2D eigenvalue weighted by atomic mass is 16.8. The van der Waals surface area contributed by atoms with Crippen molar-refractivity contribution in [3.8, 4) is 0 Å². The lowest BCUT2D eigenvalue weighted by Gasteiger charge is -2.48. The quantitative estimate of drug-likeness (QED) is 0.128. The first-order chi connectivity index (χ1) is 30.8. The summed E-state index contributed by atoms with van der Waals surface area (Å²) in [5.74, 6) is -5.57. The maximum atomic E-state index is 13.8. The molecule has 3 N–H and O–H groups in total. The highest BCUT2D eigenvalue weighted by molar-refractivity contribution is 5.91. The smallest absolute Gasteiger partial charge is 0.405 e. The van der Waals surface area contributed by atoms with Crippen LogP contribution in [0.25, 0.3) is 0 Å². The van der Waals surface area contributed by atoms with Gasteiger partial charge in [0, 0.05) is 13.8 Å². The van der Waals surface area contributed by atoms with Crippen molar-refractivity contribution in [3.05, 3.63) is 144 Å². The van der Waals surface area contributed by atoms with E-state index in [4.69, 9.17) is 53.1 Å². The number of esters is 6. The zero-order chi connectivity index (χ0) is 45.8. The molecule has 19 nitrogen and oxygen atoms in total. The monoisotopic (exact) mass is 885 g/mol. The second-order valence-corrected chi connectivity index (χ2v) is 14.2. The first-order valence-electron chi connectivity index (χ1n) is 19.7. The number of aliphatic hydroxyl groups excluding tert-OH is 1. The van der Waals surface area contributed by atoms with Gasteiger partial charge in [-0.3, -0.25) is 9.59 Å². The van der Waals surface area contributed by atoms with Crippen LogP contribution in [0.15, 0.2) is 121 Å². The first kappa shape index (κ1) is 46.3. The molecule has 19 heteroatoms. The van der Waals surface area contributed by atoms with Crippen molar-refractivity contribution in [3.63, 3.8) is 0 Å². The van der Waals surface area contributed by atoms with Crippen molar-refractivity contribution < 1.29 is 86.0 Å². The first-order valence-corrected chi connectivity index (χ1v) is 19.7. The van der Waals surface area contributed by atoms with Gasteiger partial charge in [-0.25, -0.2) is 24.0 Å². The van der Waals surface area contributed by atoms with Crippen LogP contribution in [-0.4, -0.2) is 122 Å². The molecule has 2 fully saturated rings. The minimum atomic E-state index is -2.15. The predicted octanol–water partition coefficient (Wildman–Crippen LogP) is 3.31. The van der Waals surface area contributed by atoms with Gasteiger partial charge in [-0.05, 0) is 48.5 Å². The highest BCUT2D eigenvalue weighted by Gasteiger charge is 2.58. The molecule has 2 heterocycles. The average Bonchev–Trinajstić information content (AvgIpc) is 3.29. The number of carbonyl (C=O) groups is 7. The molecule has 1 amide bonds. The van der Waals surface area contributed by atoms with Gasteiger partial charge < -0.3 is 58.2 Å². The maximum absolute atomic E-state index is 13.8. The van der Waals surface area contributed by atoms with E-state index in [9.17, 15) is 38.7 Å². The Morgan fingerprint density at radius 3 is 1.16 bits per heavy atom. The van der Waals surface area contributed by atoms with Crippen LogP contribution in [-0.2, 0) is 57.0 Å². The van der Waals surface area contributed by atoms with Crippen LogP contribution in [0.5, 0.6) is 0 Å². The van der Waals surface area contributed by atoms with Gasteiger partial charge in [0.1, 0.15) is 25.4 Å². The van der Waals surface area contributed by atoms with Gasteiger partial charge in [0.05, 0.1) is 22.3 Å². The molecular weight excluding hydrogens is 842 g/mol. The van der Waals surface area contributed by atoms with Gasteiger partial charge in [-0.1, -0.05) is 72.8 Å². The summed E-state index contributed by atoms with van der Waals surface area (Å²) < 4.78 is 58.0. The van der Waals surface area contributed by atoms with Crippen molar-refractivity contribution in [2.45, 2.75) is 75.3 Å². The number of primary amides is 1. The minimum Gasteiger partial charge on any atom is -0.463 e.